The maximum Gasteiger partial charge on any atom is 0.454 e. The summed E-state index contributed by atoms with van der Waals surface area (Å²) in [5.74, 6) is -2.56. The zero-order valence-corrected chi connectivity index (χ0v) is 14.0. The van der Waals surface area contributed by atoms with Gasteiger partial charge in [0.05, 0.1) is 0 Å². The van der Waals surface area contributed by atoms with Gasteiger partial charge in [-0.2, -0.15) is 13.2 Å². The summed E-state index contributed by atoms with van der Waals surface area (Å²) < 4.78 is 36.4. The van der Waals surface area contributed by atoms with E-state index in [4.69, 9.17) is 0 Å². The molecule has 0 aliphatic rings. The third-order valence-corrected chi connectivity index (χ3v) is 3.23. The second kappa shape index (κ2) is 7.99. The molecule has 0 saturated heterocycles. The van der Waals surface area contributed by atoms with Gasteiger partial charge in [0.25, 0.3) is 5.78 Å². The Labute approximate surface area is 139 Å². The molecule has 1 amide bonds. The highest BCUT2D eigenvalue weighted by Gasteiger charge is 2.36. The van der Waals surface area contributed by atoms with E-state index in [0.29, 0.717) is 11.8 Å². The van der Waals surface area contributed by atoms with Crippen LogP contribution >= 0.6 is 0 Å². The molecule has 7 heteroatoms. The monoisotopic (exact) mass is 342 g/mol. The lowest BCUT2D eigenvalue weighted by Gasteiger charge is -2.21. The van der Waals surface area contributed by atoms with Crippen LogP contribution in [0, 0.1) is 19.8 Å². The van der Waals surface area contributed by atoms with Crippen LogP contribution in [0.15, 0.2) is 30.5 Å². The fourth-order valence-corrected chi connectivity index (χ4v) is 2.16. The Morgan fingerprint density at radius 3 is 2.08 bits per heavy atom. The lowest BCUT2D eigenvalue weighted by molar-refractivity contribution is -0.165. The van der Waals surface area contributed by atoms with E-state index in [1.165, 1.54) is 0 Å². The number of hydrogen-bond acceptors (Lipinski definition) is 3. The van der Waals surface area contributed by atoms with Gasteiger partial charge in [-0.1, -0.05) is 19.9 Å². The smallest absolute Gasteiger partial charge is 0.379 e. The molecule has 132 valence electrons. The van der Waals surface area contributed by atoms with Crippen molar-refractivity contribution < 1.29 is 22.8 Å². The van der Waals surface area contributed by atoms with Crippen LogP contribution in [0.5, 0.6) is 0 Å². The molecular formula is C17H21F3N2O2. The molecule has 0 saturated carbocycles. The van der Waals surface area contributed by atoms with Crippen molar-refractivity contribution in [2.75, 3.05) is 5.32 Å². The van der Waals surface area contributed by atoms with Gasteiger partial charge in [0, 0.05) is 18.0 Å². The number of alkyl halides is 3. The van der Waals surface area contributed by atoms with Crippen molar-refractivity contribution in [2.45, 2.75) is 39.9 Å². The number of halogens is 3. The number of rotatable bonds is 6. The zero-order valence-electron chi connectivity index (χ0n) is 14.0. The lowest BCUT2D eigenvalue weighted by atomic mass is 10.0. The van der Waals surface area contributed by atoms with Crippen molar-refractivity contribution in [1.29, 1.82) is 0 Å². The van der Waals surface area contributed by atoms with Crippen molar-refractivity contribution in [3.8, 4) is 0 Å². The number of nitrogens with one attached hydrogen (secondary N) is 2. The summed E-state index contributed by atoms with van der Waals surface area (Å²) in [6, 6.07) is 4.78. The Hall–Kier alpha value is -2.31. The van der Waals surface area contributed by atoms with E-state index >= 15 is 0 Å². The molecule has 2 N–H and O–H groups in total. The maximum atomic E-state index is 12.3. The number of amides is 1. The minimum atomic E-state index is -4.92. The van der Waals surface area contributed by atoms with Crippen LogP contribution in [0.3, 0.4) is 0 Å². The molecule has 0 spiro atoms. The molecule has 24 heavy (non-hydrogen) atoms. The number of ketones is 1. The van der Waals surface area contributed by atoms with Gasteiger partial charge in [0.2, 0.25) is 5.91 Å². The summed E-state index contributed by atoms with van der Waals surface area (Å²) in [7, 11) is 0. The first-order valence-electron chi connectivity index (χ1n) is 7.43. The molecular weight excluding hydrogens is 321 g/mol. The quantitative estimate of drug-likeness (QED) is 0.778. The van der Waals surface area contributed by atoms with Gasteiger partial charge in [0.15, 0.2) is 0 Å². The Bertz CT molecular complexity index is 617. The van der Waals surface area contributed by atoms with E-state index in [2.05, 4.69) is 10.6 Å². The van der Waals surface area contributed by atoms with Gasteiger partial charge in [0.1, 0.15) is 6.04 Å². The minimum absolute atomic E-state index is 0.193. The fourth-order valence-electron chi connectivity index (χ4n) is 2.16. The lowest BCUT2D eigenvalue weighted by Crippen LogP contribution is -2.42. The first kappa shape index (κ1) is 19.7. The van der Waals surface area contributed by atoms with Gasteiger partial charge in [-0.05, 0) is 43.0 Å². The third kappa shape index (κ3) is 6.06. The molecule has 1 atom stereocenters. The summed E-state index contributed by atoms with van der Waals surface area (Å²) in [5.41, 5.74) is 2.57. The van der Waals surface area contributed by atoms with E-state index in [1.807, 2.05) is 19.9 Å². The normalized spacial score (nSPS) is 13.2. The molecule has 1 aromatic carbocycles. The fraction of sp³-hybridized carbons (Fsp3) is 0.412. The molecule has 0 aliphatic heterocycles. The van der Waals surface area contributed by atoms with Crippen molar-refractivity contribution in [3.05, 3.63) is 41.6 Å². The van der Waals surface area contributed by atoms with Crippen LogP contribution in [0.4, 0.5) is 18.9 Å². The third-order valence-electron chi connectivity index (χ3n) is 3.23. The molecule has 0 aliphatic carbocycles. The predicted molar refractivity (Wildman–Crippen MR) is 86.5 cm³/mol. The summed E-state index contributed by atoms with van der Waals surface area (Å²) in [4.78, 5) is 23.1. The van der Waals surface area contributed by atoms with Crippen molar-refractivity contribution in [3.63, 3.8) is 0 Å². The first-order valence-corrected chi connectivity index (χ1v) is 7.43. The van der Waals surface area contributed by atoms with E-state index < -0.39 is 18.0 Å². The summed E-state index contributed by atoms with van der Waals surface area (Å²) in [6.45, 7) is 7.29. The highest BCUT2D eigenvalue weighted by molar-refractivity contribution is 5.96. The molecule has 0 fully saturated rings. The van der Waals surface area contributed by atoms with E-state index in [0.717, 1.165) is 17.3 Å². The van der Waals surface area contributed by atoms with Crippen LogP contribution in [-0.4, -0.2) is 23.9 Å². The van der Waals surface area contributed by atoms with Gasteiger partial charge in [-0.25, -0.2) is 0 Å². The van der Waals surface area contributed by atoms with Crippen molar-refractivity contribution in [2.24, 2.45) is 5.92 Å². The van der Waals surface area contributed by atoms with Crippen molar-refractivity contribution >= 4 is 17.4 Å². The number of allylic oxidation sites excluding steroid dienone is 1. The Morgan fingerprint density at radius 1 is 1.08 bits per heavy atom. The molecule has 1 rings (SSSR count). The predicted octanol–water partition coefficient (Wildman–Crippen LogP) is 3.50. The van der Waals surface area contributed by atoms with Gasteiger partial charge < -0.3 is 10.6 Å². The van der Waals surface area contributed by atoms with E-state index in [1.54, 1.807) is 26.0 Å². The molecule has 0 radical (unpaired) electrons. The van der Waals surface area contributed by atoms with Crippen LogP contribution in [-0.2, 0) is 9.59 Å². The molecule has 0 heterocycles. The van der Waals surface area contributed by atoms with E-state index in [-0.39, 0.29) is 11.8 Å². The average Bonchev–Trinajstić information content (AvgIpc) is 2.40. The average molecular weight is 342 g/mol. The summed E-state index contributed by atoms with van der Waals surface area (Å²) >= 11 is 0. The van der Waals surface area contributed by atoms with Gasteiger partial charge >= 0.3 is 6.18 Å². The number of hydrogen-bond donors (Lipinski definition) is 2. The second-order valence-electron chi connectivity index (χ2n) is 5.95. The number of aryl methyl sites for hydroxylation is 2. The van der Waals surface area contributed by atoms with E-state index in [9.17, 15) is 22.8 Å². The Kier molecular flexibility index (Phi) is 6.57. The van der Waals surface area contributed by atoms with Crippen LogP contribution in [0.1, 0.15) is 25.0 Å². The molecule has 1 aromatic rings. The van der Waals surface area contributed by atoms with Gasteiger partial charge in [-0.3, -0.25) is 9.59 Å². The molecule has 1 unspecified atom stereocenters. The molecule has 0 aromatic heterocycles. The minimum Gasteiger partial charge on any atom is -0.379 e. The van der Waals surface area contributed by atoms with Gasteiger partial charge in [-0.15, -0.1) is 0 Å². The van der Waals surface area contributed by atoms with Crippen molar-refractivity contribution in [1.82, 2.24) is 5.32 Å². The zero-order chi connectivity index (χ0) is 18.5. The largest absolute Gasteiger partial charge is 0.454 e. The summed E-state index contributed by atoms with van der Waals surface area (Å²) in [6.07, 6.45) is -3.69. The highest BCUT2D eigenvalue weighted by atomic mass is 19.4. The highest BCUT2D eigenvalue weighted by Crippen LogP contribution is 2.17. The van der Waals surface area contributed by atoms with Crippen LogP contribution < -0.4 is 10.6 Å². The Morgan fingerprint density at radius 2 is 1.62 bits per heavy atom. The van der Waals surface area contributed by atoms with Crippen LogP contribution in [0.25, 0.3) is 0 Å². The molecule has 4 nitrogen and oxygen atoms in total. The molecule has 0 bridgehead atoms. The number of carbonyl (C=O) groups excluding carboxylic acids is 2. The topological polar surface area (TPSA) is 58.2 Å². The second-order valence-corrected chi connectivity index (χ2v) is 5.95. The standard InChI is InChI=1S/C17H21F3N2O2/c1-10(2)15(21-6-5-14(23)17(18,19)20)16(24)22-13-8-11(3)7-12(4)9-13/h5-10,15,21H,1-4H3,(H,22,24). The number of benzene rings is 1. The summed E-state index contributed by atoms with van der Waals surface area (Å²) in [5, 5.41) is 5.29. The number of carbonyl (C=O) groups is 2. The first-order chi connectivity index (χ1) is 11.0. The maximum absolute atomic E-state index is 12.3. The van der Waals surface area contributed by atoms with Crippen LogP contribution in [0.2, 0.25) is 0 Å². The Balaban J connectivity index is 2.79. The SMILES string of the molecule is Cc1cc(C)cc(NC(=O)C(NC=CC(=O)C(F)(F)F)C(C)C)c1. The number of anilines is 1.